The van der Waals surface area contributed by atoms with Crippen LogP contribution in [-0.2, 0) is 0 Å². The second-order valence-corrected chi connectivity index (χ2v) is 5.36. The molecule has 0 radical (unpaired) electrons. The molecule has 1 aromatic rings. The zero-order valence-electron chi connectivity index (χ0n) is 11.1. The maximum atomic E-state index is 6.06. The number of hydrogen-bond acceptors (Lipinski definition) is 5. The highest BCUT2D eigenvalue weighted by Gasteiger charge is 2.24. The molecule has 0 aromatic carbocycles. The van der Waals surface area contributed by atoms with Crippen LogP contribution in [0.3, 0.4) is 0 Å². The predicted octanol–water partition coefficient (Wildman–Crippen LogP) is 1.55. The molecular weight excluding hydrogens is 250 g/mol. The number of nitrogens with zero attached hydrogens (tertiary/aromatic N) is 4. The van der Waals surface area contributed by atoms with Crippen LogP contribution in [0.5, 0.6) is 0 Å². The summed E-state index contributed by atoms with van der Waals surface area (Å²) in [6.07, 6.45) is 2.35. The van der Waals surface area contributed by atoms with E-state index in [2.05, 4.69) is 33.9 Å². The molecule has 1 unspecified atom stereocenters. The fourth-order valence-electron chi connectivity index (χ4n) is 2.34. The van der Waals surface area contributed by atoms with Gasteiger partial charge < -0.3 is 15.5 Å². The molecular formula is C12H20ClN5. The van der Waals surface area contributed by atoms with Crippen molar-refractivity contribution in [1.29, 1.82) is 0 Å². The lowest BCUT2D eigenvalue weighted by molar-refractivity contribution is 0.257. The highest BCUT2D eigenvalue weighted by molar-refractivity contribution is 6.28. The molecule has 6 heteroatoms. The van der Waals surface area contributed by atoms with Crippen molar-refractivity contribution in [3.63, 3.8) is 0 Å². The van der Waals surface area contributed by atoms with Crippen molar-refractivity contribution in [3.05, 3.63) is 11.0 Å². The third kappa shape index (κ3) is 2.67. The number of aromatic nitrogens is 2. The van der Waals surface area contributed by atoms with Crippen molar-refractivity contribution in [1.82, 2.24) is 14.9 Å². The Labute approximate surface area is 113 Å². The molecule has 0 bridgehead atoms. The smallest absolute Gasteiger partial charge is 0.224 e. The van der Waals surface area contributed by atoms with Crippen LogP contribution in [-0.4, -0.2) is 48.1 Å². The van der Waals surface area contributed by atoms with Crippen molar-refractivity contribution < 1.29 is 0 Å². The molecule has 100 valence electrons. The second kappa shape index (κ2) is 5.28. The number of halogens is 1. The highest BCUT2D eigenvalue weighted by atomic mass is 35.5. The van der Waals surface area contributed by atoms with Gasteiger partial charge in [-0.3, -0.25) is 0 Å². The zero-order chi connectivity index (χ0) is 13.3. The van der Waals surface area contributed by atoms with Crippen molar-refractivity contribution >= 4 is 23.1 Å². The van der Waals surface area contributed by atoms with Gasteiger partial charge in [0.25, 0.3) is 0 Å². The Hall–Kier alpha value is -1.07. The molecule has 1 aliphatic rings. The van der Waals surface area contributed by atoms with Crippen molar-refractivity contribution in [2.75, 3.05) is 37.8 Å². The van der Waals surface area contributed by atoms with Gasteiger partial charge in [0.15, 0.2) is 5.82 Å². The van der Waals surface area contributed by atoms with Crippen LogP contribution in [0.25, 0.3) is 0 Å². The zero-order valence-corrected chi connectivity index (χ0v) is 11.9. The molecule has 5 nitrogen and oxygen atoms in total. The van der Waals surface area contributed by atoms with Gasteiger partial charge in [0.1, 0.15) is 0 Å². The van der Waals surface area contributed by atoms with Gasteiger partial charge in [-0.1, -0.05) is 0 Å². The van der Waals surface area contributed by atoms with Crippen LogP contribution < -0.4 is 10.6 Å². The monoisotopic (exact) mass is 269 g/mol. The quantitative estimate of drug-likeness (QED) is 0.826. The number of piperidine rings is 1. The van der Waals surface area contributed by atoms with E-state index in [1.54, 1.807) is 0 Å². The fraction of sp³-hybridized carbons (Fsp3) is 0.667. The van der Waals surface area contributed by atoms with Crippen molar-refractivity contribution in [2.24, 2.45) is 0 Å². The Balaban J connectivity index is 2.26. The minimum Gasteiger partial charge on any atom is -0.394 e. The first-order chi connectivity index (χ1) is 8.49. The maximum absolute atomic E-state index is 6.06. The third-order valence-electron chi connectivity index (χ3n) is 3.52. The first-order valence-corrected chi connectivity index (χ1v) is 6.58. The molecule has 2 heterocycles. The molecule has 1 aromatic heterocycles. The summed E-state index contributed by atoms with van der Waals surface area (Å²) in [6.45, 7) is 3.77. The number of hydrogen-bond donors (Lipinski definition) is 1. The summed E-state index contributed by atoms with van der Waals surface area (Å²) >= 11 is 5.93. The van der Waals surface area contributed by atoms with E-state index >= 15 is 0 Å². The molecule has 2 rings (SSSR count). The largest absolute Gasteiger partial charge is 0.394 e. The Morgan fingerprint density at radius 3 is 2.78 bits per heavy atom. The first kappa shape index (κ1) is 13.4. The molecule has 1 saturated heterocycles. The van der Waals surface area contributed by atoms with Crippen molar-refractivity contribution in [3.8, 4) is 0 Å². The maximum Gasteiger partial charge on any atom is 0.224 e. The van der Waals surface area contributed by atoms with Gasteiger partial charge >= 0.3 is 0 Å². The van der Waals surface area contributed by atoms with Crippen LogP contribution in [0, 0.1) is 6.92 Å². The number of likely N-dealkylation sites (N-methyl/N-ethyl adjacent to an activating group) is 1. The van der Waals surface area contributed by atoms with Crippen LogP contribution in [0.1, 0.15) is 18.5 Å². The van der Waals surface area contributed by atoms with Gasteiger partial charge in [-0.15, -0.1) is 0 Å². The van der Waals surface area contributed by atoms with E-state index in [0.717, 1.165) is 31.0 Å². The Bertz CT molecular complexity index is 435. The average molecular weight is 270 g/mol. The number of rotatable bonds is 2. The van der Waals surface area contributed by atoms with E-state index in [-0.39, 0.29) is 5.28 Å². The third-order valence-corrected chi connectivity index (χ3v) is 3.68. The summed E-state index contributed by atoms with van der Waals surface area (Å²) in [6, 6.07) is 0.534. The summed E-state index contributed by atoms with van der Waals surface area (Å²) in [5, 5.41) is 0.267. The number of anilines is 2. The SMILES string of the molecule is Cc1nc(Cl)nc(N2CCCC(N(C)C)C2)c1N. The van der Waals surface area contributed by atoms with E-state index in [0.29, 0.717) is 11.7 Å². The summed E-state index contributed by atoms with van der Waals surface area (Å²) in [4.78, 5) is 12.8. The molecule has 0 spiro atoms. The van der Waals surface area contributed by atoms with Gasteiger partial charge in [-0.25, -0.2) is 4.98 Å². The normalized spacial score (nSPS) is 20.5. The summed E-state index contributed by atoms with van der Waals surface area (Å²) in [7, 11) is 4.21. The predicted molar refractivity (Wildman–Crippen MR) is 75.1 cm³/mol. The fourth-order valence-corrected chi connectivity index (χ4v) is 2.55. The van der Waals surface area contributed by atoms with Gasteiger partial charge in [0, 0.05) is 19.1 Å². The number of aryl methyl sites for hydroxylation is 1. The first-order valence-electron chi connectivity index (χ1n) is 6.20. The highest BCUT2D eigenvalue weighted by Crippen LogP contribution is 2.27. The molecule has 1 fully saturated rings. The standard InChI is InChI=1S/C12H20ClN5/c1-8-10(14)11(16-12(13)15-8)18-6-4-5-9(7-18)17(2)3/h9H,4-7,14H2,1-3H3. The molecule has 1 aliphatic heterocycles. The lowest BCUT2D eigenvalue weighted by Gasteiger charge is -2.37. The molecule has 18 heavy (non-hydrogen) atoms. The average Bonchev–Trinajstić information content (AvgIpc) is 2.34. The minimum atomic E-state index is 0.267. The van der Waals surface area contributed by atoms with Gasteiger partial charge in [0.05, 0.1) is 11.4 Å². The molecule has 1 atom stereocenters. The van der Waals surface area contributed by atoms with Crippen LogP contribution >= 0.6 is 11.6 Å². The summed E-state index contributed by atoms with van der Waals surface area (Å²) < 4.78 is 0. The van der Waals surface area contributed by atoms with E-state index in [1.165, 1.54) is 6.42 Å². The Morgan fingerprint density at radius 2 is 2.11 bits per heavy atom. The summed E-state index contributed by atoms with van der Waals surface area (Å²) in [5.41, 5.74) is 7.45. The van der Waals surface area contributed by atoms with Gasteiger partial charge in [-0.05, 0) is 45.5 Å². The van der Waals surface area contributed by atoms with E-state index in [4.69, 9.17) is 17.3 Å². The van der Waals surface area contributed by atoms with Crippen LogP contribution in [0.15, 0.2) is 0 Å². The van der Waals surface area contributed by atoms with E-state index in [1.807, 2.05) is 6.92 Å². The van der Waals surface area contributed by atoms with E-state index < -0.39 is 0 Å². The van der Waals surface area contributed by atoms with E-state index in [9.17, 15) is 0 Å². The molecule has 2 N–H and O–H groups in total. The number of nitrogens with two attached hydrogens (primary N) is 1. The van der Waals surface area contributed by atoms with Gasteiger partial charge in [0.2, 0.25) is 5.28 Å². The van der Waals surface area contributed by atoms with Gasteiger partial charge in [-0.2, -0.15) is 4.98 Å². The second-order valence-electron chi connectivity index (χ2n) is 5.02. The molecule has 0 aliphatic carbocycles. The van der Waals surface area contributed by atoms with Crippen molar-refractivity contribution in [2.45, 2.75) is 25.8 Å². The summed E-state index contributed by atoms with van der Waals surface area (Å²) in [5.74, 6) is 0.777. The lowest BCUT2D eigenvalue weighted by Crippen LogP contribution is -2.45. The van der Waals surface area contributed by atoms with Crippen LogP contribution in [0.2, 0.25) is 5.28 Å². The Kier molecular flexibility index (Phi) is 3.92. The molecule has 0 amide bonds. The topological polar surface area (TPSA) is 58.3 Å². The molecule has 0 saturated carbocycles. The Morgan fingerprint density at radius 1 is 1.39 bits per heavy atom. The lowest BCUT2D eigenvalue weighted by atomic mass is 10.0. The minimum absolute atomic E-state index is 0.267. The van der Waals surface area contributed by atoms with Crippen LogP contribution in [0.4, 0.5) is 11.5 Å². The number of nitrogen functional groups attached to an aromatic ring is 1.